The van der Waals surface area contributed by atoms with Crippen LogP contribution in [0, 0.1) is 0 Å². The molecule has 3 nitrogen and oxygen atoms in total. The minimum Gasteiger partial charge on any atom is -0.293 e. The highest BCUT2D eigenvalue weighted by molar-refractivity contribution is 7.98. The Morgan fingerprint density at radius 3 is 3.16 bits per heavy atom. The largest absolute Gasteiger partial charge is 0.293 e. The highest BCUT2D eigenvalue weighted by Gasteiger charge is 2.17. The lowest BCUT2D eigenvalue weighted by atomic mass is 10.1. The number of hydrogen-bond donors (Lipinski definition) is 0. The Morgan fingerprint density at radius 2 is 2.42 bits per heavy atom. The van der Waals surface area contributed by atoms with E-state index in [9.17, 15) is 4.79 Å². The monoisotopic (exact) mass is 292 g/mol. The van der Waals surface area contributed by atoms with Gasteiger partial charge in [0.05, 0.1) is 11.1 Å². The second kappa shape index (κ2) is 5.51. The Bertz CT molecular complexity index is 577. The number of aryl methyl sites for hydroxylation is 3. The standard InChI is InChI=1S/C14H16N2OS2/c1-16-8-10(7-15-16)2-3-12(17)14-6-11-9-18-5-4-13(11)19-14/h6-8H,2-5,9H2,1H3. The minimum atomic E-state index is 0.272. The van der Waals surface area contributed by atoms with Crippen molar-refractivity contribution < 1.29 is 4.79 Å². The van der Waals surface area contributed by atoms with Crippen molar-refractivity contribution in [3.63, 3.8) is 0 Å². The highest BCUT2D eigenvalue weighted by Crippen LogP contribution is 2.32. The zero-order chi connectivity index (χ0) is 13.2. The average Bonchev–Trinajstić information content (AvgIpc) is 3.01. The summed E-state index contributed by atoms with van der Waals surface area (Å²) in [5.41, 5.74) is 2.51. The number of Topliss-reactive ketones (excluding diaryl/α,β-unsaturated/α-hetero) is 1. The zero-order valence-corrected chi connectivity index (χ0v) is 12.5. The highest BCUT2D eigenvalue weighted by atomic mass is 32.2. The van der Waals surface area contributed by atoms with E-state index in [4.69, 9.17) is 0 Å². The molecule has 0 saturated carbocycles. The van der Waals surface area contributed by atoms with Gasteiger partial charge in [-0.05, 0) is 35.8 Å². The Morgan fingerprint density at radius 1 is 1.53 bits per heavy atom. The van der Waals surface area contributed by atoms with Crippen molar-refractivity contribution >= 4 is 28.9 Å². The number of carbonyl (C=O) groups excluding carboxylic acids is 1. The van der Waals surface area contributed by atoms with Crippen molar-refractivity contribution in [3.05, 3.63) is 39.3 Å². The summed E-state index contributed by atoms with van der Waals surface area (Å²) in [6.07, 6.45) is 6.30. The van der Waals surface area contributed by atoms with Gasteiger partial charge in [0.25, 0.3) is 0 Å². The molecule has 5 heteroatoms. The average molecular weight is 292 g/mol. The van der Waals surface area contributed by atoms with E-state index in [1.807, 2.05) is 31.2 Å². The number of aromatic nitrogens is 2. The molecule has 1 aliphatic heterocycles. The fraction of sp³-hybridized carbons (Fsp3) is 0.429. The third-order valence-electron chi connectivity index (χ3n) is 3.30. The lowest BCUT2D eigenvalue weighted by Gasteiger charge is -2.08. The first kappa shape index (κ1) is 12.9. The number of rotatable bonds is 4. The van der Waals surface area contributed by atoms with E-state index in [0.717, 1.165) is 29.0 Å². The van der Waals surface area contributed by atoms with Gasteiger partial charge in [-0.1, -0.05) is 0 Å². The van der Waals surface area contributed by atoms with E-state index in [2.05, 4.69) is 11.2 Å². The number of nitrogens with zero attached hydrogens (tertiary/aromatic N) is 2. The van der Waals surface area contributed by atoms with Crippen molar-refractivity contribution in [2.45, 2.75) is 25.0 Å². The lowest BCUT2D eigenvalue weighted by molar-refractivity contribution is 0.0986. The topological polar surface area (TPSA) is 34.9 Å². The van der Waals surface area contributed by atoms with E-state index < -0.39 is 0 Å². The van der Waals surface area contributed by atoms with Crippen LogP contribution in [0.25, 0.3) is 0 Å². The summed E-state index contributed by atoms with van der Waals surface area (Å²) in [5, 5.41) is 4.13. The Hall–Kier alpha value is -1.07. The number of thiophene rings is 1. The molecule has 2 aromatic rings. The van der Waals surface area contributed by atoms with Crippen LogP contribution < -0.4 is 0 Å². The molecule has 19 heavy (non-hydrogen) atoms. The van der Waals surface area contributed by atoms with Crippen LogP contribution in [-0.4, -0.2) is 21.3 Å². The van der Waals surface area contributed by atoms with E-state index >= 15 is 0 Å². The lowest BCUT2D eigenvalue weighted by Crippen LogP contribution is -1.98. The summed E-state index contributed by atoms with van der Waals surface area (Å²) in [6, 6.07) is 2.11. The molecule has 0 radical (unpaired) electrons. The van der Waals surface area contributed by atoms with E-state index in [0.29, 0.717) is 6.42 Å². The molecule has 3 heterocycles. The van der Waals surface area contributed by atoms with Crippen LogP contribution in [-0.2, 0) is 25.6 Å². The maximum Gasteiger partial charge on any atom is 0.173 e. The van der Waals surface area contributed by atoms with Crippen molar-refractivity contribution in [1.82, 2.24) is 9.78 Å². The summed E-state index contributed by atoms with van der Waals surface area (Å²) in [7, 11) is 1.90. The first-order chi connectivity index (χ1) is 9.22. The van der Waals surface area contributed by atoms with Crippen LogP contribution in [0.4, 0.5) is 0 Å². The Balaban J connectivity index is 1.65. The molecule has 3 rings (SSSR count). The molecule has 2 aromatic heterocycles. The molecule has 0 aliphatic carbocycles. The van der Waals surface area contributed by atoms with Crippen LogP contribution in [0.3, 0.4) is 0 Å². The quantitative estimate of drug-likeness (QED) is 0.812. The van der Waals surface area contributed by atoms with Gasteiger partial charge in [-0.3, -0.25) is 9.48 Å². The number of carbonyl (C=O) groups is 1. The van der Waals surface area contributed by atoms with Crippen molar-refractivity contribution in [3.8, 4) is 0 Å². The number of ketones is 1. The van der Waals surface area contributed by atoms with Gasteiger partial charge in [-0.2, -0.15) is 16.9 Å². The van der Waals surface area contributed by atoms with Crippen LogP contribution in [0.5, 0.6) is 0 Å². The molecule has 0 atom stereocenters. The second-order valence-corrected chi connectivity index (χ2v) is 7.05. The smallest absolute Gasteiger partial charge is 0.173 e. The Labute approximate surface area is 121 Å². The molecule has 0 amide bonds. The summed E-state index contributed by atoms with van der Waals surface area (Å²) < 4.78 is 1.78. The first-order valence-electron chi connectivity index (χ1n) is 6.42. The fourth-order valence-electron chi connectivity index (χ4n) is 2.27. The molecule has 0 fully saturated rings. The third kappa shape index (κ3) is 2.92. The SMILES string of the molecule is Cn1cc(CCC(=O)c2cc3c(s2)CCSC3)cn1. The number of hydrogen-bond acceptors (Lipinski definition) is 4. The normalized spacial score (nSPS) is 14.4. The summed E-state index contributed by atoms with van der Waals surface area (Å²) in [5.74, 6) is 2.53. The molecular weight excluding hydrogens is 276 g/mol. The van der Waals surface area contributed by atoms with Crippen LogP contribution in [0.2, 0.25) is 0 Å². The van der Waals surface area contributed by atoms with Gasteiger partial charge in [0.15, 0.2) is 5.78 Å². The van der Waals surface area contributed by atoms with Crippen LogP contribution in [0.1, 0.15) is 32.1 Å². The van der Waals surface area contributed by atoms with Crippen molar-refractivity contribution in [2.24, 2.45) is 7.05 Å². The molecule has 0 N–H and O–H groups in total. The molecule has 1 aliphatic rings. The molecule has 0 aromatic carbocycles. The van der Waals surface area contributed by atoms with Crippen LogP contribution in [0.15, 0.2) is 18.5 Å². The van der Waals surface area contributed by atoms with Gasteiger partial charge in [-0.15, -0.1) is 11.3 Å². The van der Waals surface area contributed by atoms with E-state index in [1.54, 1.807) is 16.0 Å². The molecule has 0 unspecified atom stereocenters. The number of thioether (sulfide) groups is 1. The van der Waals surface area contributed by atoms with E-state index in [-0.39, 0.29) is 5.78 Å². The maximum absolute atomic E-state index is 12.2. The number of fused-ring (bicyclic) bond motifs is 1. The van der Waals surface area contributed by atoms with Gasteiger partial charge in [-0.25, -0.2) is 0 Å². The molecule has 0 saturated heterocycles. The molecular formula is C14H16N2OS2. The Kier molecular flexibility index (Phi) is 3.75. The summed E-state index contributed by atoms with van der Waals surface area (Å²) >= 11 is 3.66. The molecule has 0 bridgehead atoms. The minimum absolute atomic E-state index is 0.272. The van der Waals surface area contributed by atoms with Gasteiger partial charge in [0.1, 0.15) is 0 Å². The summed E-state index contributed by atoms with van der Waals surface area (Å²) in [4.78, 5) is 14.6. The van der Waals surface area contributed by atoms with Crippen molar-refractivity contribution in [2.75, 3.05) is 5.75 Å². The zero-order valence-electron chi connectivity index (χ0n) is 10.9. The van der Waals surface area contributed by atoms with E-state index in [1.165, 1.54) is 16.2 Å². The van der Waals surface area contributed by atoms with Gasteiger partial charge in [0, 0.05) is 30.3 Å². The summed E-state index contributed by atoms with van der Waals surface area (Å²) in [6.45, 7) is 0. The predicted molar refractivity (Wildman–Crippen MR) is 80.0 cm³/mol. The van der Waals surface area contributed by atoms with Gasteiger partial charge in [0.2, 0.25) is 0 Å². The second-order valence-electron chi connectivity index (χ2n) is 4.81. The molecule has 0 spiro atoms. The maximum atomic E-state index is 12.2. The van der Waals surface area contributed by atoms with Gasteiger partial charge < -0.3 is 0 Å². The first-order valence-corrected chi connectivity index (χ1v) is 8.39. The van der Waals surface area contributed by atoms with Gasteiger partial charge >= 0.3 is 0 Å². The molecule has 100 valence electrons. The fourth-order valence-corrected chi connectivity index (χ4v) is 4.61. The predicted octanol–water partition coefficient (Wildman–Crippen LogP) is 3.09. The third-order valence-corrected chi connectivity index (χ3v) is 5.59. The van der Waals surface area contributed by atoms with Crippen LogP contribution >= 0.6 is 23.1 Å². The van der Waals surface area contributed by atoms with Crippen molar-refractivity contribution in [1.29, 1.82) is 0 Å².